The van der Waals surface area contributed by atoms with E-state index in [1.54, 1.807) is 6.92 Å². The summed E-state index contributed by atoms with van der Waals surface area (Å²) in [5.41, 5.74) is 0.232. The molecule has 20 heavy (non-hydrogen) atoms. The number of hydrogen-bond acceptors (Lipinski definition) is 6. The highest BCUT2D eigenvalue weighted by Gasteiger charge is 2.24. The zero-order valence-corrected chi connectivity index (χ0v) is 12.1. The normalized spacial score (nSPS) is 13.3. The summed E-state index contributed by atoms with van der Waals surface area (Å²) < 4.78 is 35.5. The molecule has 114 valence electrons. The number of nitrogens with zero attached hydrogens (tertiary/aromatic N) is 1. The number of rotatable bonds is 9. The van der Waals surface area contributed by atoms with Gasteiger partial charge in [0.2, 0.25) is 10.0 Å². The highest BCUT2D eigenvalue weighted by molar-refractivity contribution is 7.88. The van der Waals surface area contributed by atoms with Gasteiger partial charge in [-0.1, -0.05) is 5.16 Å². The van der Waals surface area contributed by atoms with Crippen LogP contribution >= 0.6 is 0 Å². The molecule has 0 aromatic carbocycles. The summed E-state index contributed by atoms with van der Waals surface area (Å²) in [5.74, 6) is -1.15. The van der Waals surface area contributed by atoms with E-state index in [0.717, 1.165) is 0 Å². The van der Waals surface area contributed by atoms with Gasteiger partial charge in [0, 0.05) is 19.8 Å². The molecule has 2 N–H and O–H groups in total. The van der Waals surface area contributed by atoms with Crippen LogP contribution < -0.4 is 4.72 Å². The fraction of sp³-hybridized carbons (Fsp3) is 0.636. The molecule has 0 aliphatic rings. The van der Waals surface area contributed by atoms with Crippen molar-refractivity contribution in [2.24, 2.45) is 0 Å². The van der Waals surface area contributed by atoms with Gasteiger partial charge in [-0.25, -0.2) is 13.1 Å². The molecular weight excluding hydrogens is 288 g/mol. The van der Waals surface area contributed by atoms with E-state index in [2.05, 4.69) is 9.88 Å². The molecule has 0 fully saturated rings. The van der Waals surface area contributed by atoms with Crippen LogP contribution in [-0.4, -0.2) is 44.4 Å². The van der Waals surface area contributed by atoms with Crippen LogP contribution in [0.1, 0.15) is 24.3 Å². The molecule has 0 saturated heterocycles. The third-order valence-corrected chi connectivity index (χ3v) is 3.80. The summed E-state index contributed by atoms with van der Waals surface area (Å²) in [5, 5.41) is 12.6. The Hall–Kier alpha value is -1.45. The first kappa shape index (κ1) is 16.6. The number of hydrogen-bond donors (Lipinski definition) is 2. The maximum absolute atomic E-state index is 11.9. The molecular formula is C11H18N2O6S. The van der Waals surface area contributed by atoms with Crippen LogP contribution in [0.3, 0.4) is 0 Å². The third kappa shape index (κ3) is 5.68. The lowest BCUT2D eigenvalue weighted by Crippen LogP contribution is -2.41. The molecule has 0 amide bonds. The van der Waals surface area contributed by atoms with Crippen molar-refractivity contribution in [3.05, 3.63) is 17.5 Å². The van der Waals surface area contributed by atoms with Crippen LogP contribution in [0.15, 0.2) is 10.6 Å². The molecule has 1 heterocycles. The van der Waals surface area contributed by atoms with Gasteiger partial charge in [-0.3, -0.25) is 4.79 Å². The van der Waals surface area contributed by atoms with Gasteiger partial charge < -0.3 is 14.4 Å². The van der Waals surface area contributed by atoms with Gasteiger partial charge in [-0.2, -0.15) is 0 Å². The minimum atomic E-state index is -3.80. The van der Waals surface area contributed by atoms with Crippen molar-refractivity contribution >= 4 is 16.0 Å². The molecule has 1 unspecified atom stereocenters. The van der Waals surface area contributed by atoms with E-state index in [9.17, 15) is 13.2 Å². The first-order chi connectivity index (χ1) is 9.34. The standard InChI is InChI=1S/C11H18N2O6S/c1-8-6-9(12-19-8)7-20(16,17)13-10(11(14)15)4-3-5-18-2/h6,10,13H,3-5,7H2,1-2H3,(H,14,15). The number of carboxylic acid groups (broad SMARTS) is 1. The summed E-state index contributed by atoms with van der Waals surface area (Å²) in [4.78, 5) is 11.0. The third-order valence-electron chi connectivity index (χ3n) is 2.48. The van der Waals surface area contributed by atoms with Crippen molar-refractivity contribution in [1.82, 2.24) is 9.88 Å². The van der Waals surface area contributed by atoms with Crippen molar-refractivity contribution in [3.63, 3.8) is 0 Å². The van der Waals surface area contributed by atoms with Crippen LogP contribution in [0.2, 0.25) is 0 Å². The van der Waals surface area contributed by atoms with E-state index in [4.69, 9.17) is 14.4 Å². The van der Waals surface area contributed by atoms with Crippen molar-refractivity contribution in [1.29, 1.82) is 0 Å². The molecule has 1 rings (SSSR count). The lowest BCUT2D eigenvalue weighted by atomic mass is 10.2. The van der Waals surface area contributed by atoms with E-state index < -0.39 is 27.8 Å². The number of aryl methyl sites for hydroxylation is 1. The average Bonchev–Trinajstić information content (AvgIpc) is 2.72. The number of methoxy groups -OCH3 is 1. The molecule has 8 nitrogen and oxygen atoms in total. The monoisotopic (exact) mass is 306 g/mol. The van der Waals surface area contributed by atoms with E-state index in [1.165, 1.54) is 13.2 Å². The molecule has 1 aromatic rings. The Kier molecular flexibility index (Phi) is 6.11. The quantitative estimate of drug-likeness (QED) is 0.629. The summed E-state index contributed by atoms with van der Waals surface area (Å²) >= 11 is 0. The number of carbonyl (C=O) groups is 1. The van der Waals surface area contributed by atoms with Crippen LogP contribution in [0, 0.1) is 6.92 Å². The smallest absolute Gasteiger partial charge is 0.321 e. The maximum Gasteiger partial charge on any atom is 0.321 e. The van der Waals surface area contributed by atoms with Crippen molar-refractivity contribution in [3.8, 4) is 0 Å². The predicted octanol–water partition coefficient (Wildman–Crippen LogP) is 0.282. The highest BCUT2D eigenvalue weighted by atomic mass is 32.2. The molecule has 1 atom stereocenters. The van der Waals surface area contributed by atoms with Crippen LogP contribution in [-0.2, 0) is 25.3 Å². The molecule has 0 spiro atoms. The zero-order valence-electron chi connectivity index (χ0n) is 11.3. The van der Waals surface area contributed by atoms with Gasteiger partial charge in [-0.05, 0) is 19.8 Å². The first-order valence-electron chi connectivity index (χ1n) is 5.98. The van der Waals surface area contributed by atoms with E-state index in [1.807, 2.05) is 0 Å². The molecule has 0 bridgehead atoms. The Labute approximate surface area is 117 Å². The minimum Gasteiger partial charge on any atom is -0.480 e. The number of aromatic nitrogens is 1. The van der Waals surface area contributed by atoms with Crippen molar-refractivity contribution in [2.75, 3.05) is 13.7 Å². The van der Waals surface area contributed by atoms with Gasteiger partial charge in [-0.15, -0.1) is 0 Å². The fourth-order valence-electron chi connectivity index (χ4n) is 1.60. The van der Waals surface area contributed by atoms with E-state index in [0.29, 0.717) is 18.8 Å². The second kappa shape index (κ2) is 7.36. The number of aliphatic carboxylic acids is 1. The Morgan fingerprint density at radius 3 is 2.80 bits per heavy atom. The maximum atomic E-state index is 11.9. The Morgan fingerprint density at radius 1 is 1.60 bits per heavy atom. The van der Waals surface area contributed by atoms with E-state index in [-0.39, 0.29) is 12.1 Å². The van der Waals surface area contributed by atoms with Crippen LogP contribution in [0.25, 0.3) is 0 Å². The SMILES string of the molecule is COCCCC(NS(=O)(=O)Cc1cc(C)on1)C(=O)O. The molecule has 9 heteroatoms. The lowest BCUT2D eigenvalue weighted by molar-refractivity contribution is -0.139. The van der Waals surface area contributed by atoms with Crippen molar-refractivity contribution in [2.45, 2.75) is 31.6 Å². The average molecular weight is 306 g/mol. The molecule has 0 saturated carbocycles. The Morgan fingerprint density at radius 2 is 2.30 bits per heavy atom. The number of nitrogens with one attached hydrogen (secondary N) is 1. The lowest BCUT2D eigenvalue weighted by Gasteiger charge is -2.13. The molecule has 0 aliphatic carbocycles. The predicted molar refractivity (Wildman–Crippen MR) is 69.5 cm³/mol. The van der Waals surface area contributed by atoms with Crippen LogP contribution in [0.4, 0.5) is 0 Å². The largest absolute Gasteiger partial charge is 0.480 e. The second-order valence-electron chi connectivity index (χ2n) is 4.33. The molecule has 0 aliphatic heterocycles. The number of sulfonamides is 1. The van der Waals surface area contributed by atoms with Crippen LogP contribution in [0.5, 0.6) is 0 Å². The van der Waals surface area contributed by atoms with Gasteiger partial charge in [0.05, 0.1) is 0 Å². The van der Waals surface area contributed by atoms with Gasteiger partial charge in [0.15, 0.2) is 0 Å². The number of carboxylic acids is 1. The topological polar surface area (TPSA) is 119 Å². The van der Waals surface area contributed by atoms with Gasteiger partial charge in [0.1, 0.15) is 23.2 Å². The highest BCUT2D eigenvalue weighted by Crippen LogP contribution is 2.08. The van der Waals surface area contributed by atoms with Crippen molar-refractivity contribution < 1.29 is 27.6 Å². The minimum absolute atomic E-state index is 0.153. The summed E-state index contributed by atoms with van der Waals surface area (Å²) in [7, 11) is -2.30. The summed E-state index contributed by atoms with van der Waals surface area (Å²) in [6.45, 7) is 2.01. The zero-order chi connectivity index (χ0) is 15.2. The Bertz CT molecular complexity index is 539. The molecule has 0 radical (unpaired) electrons. The van der Waals surface area contributed by atoms with Gasteiger partial charge in [0.25, 0.3) is 0 Å². The van der Waals surface area contributed by atoms with E-state index >= 15 is 0 Å². The Balaban J connectivity index is 2.63. The summed E-state index contributed by atoms with van der Waals surface area (Å²) in [6, 6.07) is 0.308. The summed E-state index contributed by atoms with van der Waals surface area (Å²) in [6.07, 6.45) is 0.597. The number of ether oxygens (including phenoxy) is 1. The fourth-order valence-corrected chi connectivity index (χ4v) is 2.86. The first-order valence-corrected chi connectivity index (χ1v) is 7.63. The van der Waals surface area contributed by atoms with Gasteiger partial charge >= 0.3 is 5.97 Å². The molecule has 1 aromatic heterocycles. The second-order valence-corrected chi connectivity index (χ2v) is 6.09.